The lowest BCUT2D eigenvalue weighted by Crippen LogP contribution is -2.48. The van der Waals surface area contributed by atoms with Gasteiger partial charge in [0.05, 0.1) is 12.2 Å². The summed E-state index contributed by atoms with van der Waals surface area (Å²) < 4.78 is 5.86. The highest BCUT2D eigenvalue weighted by molar-refractivity contribution is 6.01. The van der Waals surface area contributed by atoms with Crippen molar-refractivity contribution in [1.29, 1.82) is 0 Å². The second-order valence-corrected chi connectivity index (χ2v) is 10.3. The molecular weight excluding hydrogens is 422 g/mol. The van der Waals surface area contributed by atoms with Crippen LogP contribution < -0.4 is 0 Å². The number of fused-ring (bicyclic) bond motifs is 1. The Morgan fingerprint density at radius 1 is 0.971 bits per heavy atom. The largest absolute Gasteiger partial charge is 0.372 e. The van der Waals surface area contributed by atoms with Crippen LogP contribution in [0.2, 0.25) is 0 Å². The molecule has 2 aromatic carbocycles. The third-order valence-corrected chi connectivity index (χ3v) is 7.65. The maximum Gasteiger partial charge on any atom is 0.270 e. The number of benzene rings is 2. The van der Waals surface area contributed by atoms with Crippen LogP contribution in [0.1, 0.15) is 65.3 Å². The van der Waals surface area contributed by atoms with Gasteiger partial charge in [0.2, 0.25) is 0 Å². The molecule has 3 aromatic rings. The average Bonchev–Trinajstić information content (AvgIpc) is 3.17. The van der Waals surface area contributed by atoms with Crippen molar-refractivity contribution in [2.45, 2.75) is 65.2 Å². The van der Waals surface area contributed by atoms with E-state index in [-0.39, 0.29) is 18.1 Å². The molecule has 0 saturated carbocycles. The summed E-state index contributed by atoms with van der Waals surface area (Å²) in [6, 6.07) is 15.0. The van der Waals surface area contributed by atoms with Crippen LogP contribution >= 0.6 is 0 Å². The minimum absolute atomic E-state index is 0.0597. The van der Waals surface area contributed by atoms with Crippen molar-refractivity contribution >= 4 is 16.8 Å². The molecule has 0 radical (unpaired) electrons. The molecule has 1 N–H and O–H groups in total. The lowest BCUT2D eigenvalue weighted by atomic mass is 9.84. The number of ether oxygens (including phenoxy) is 1. The number of piperidine rings is 1. The Morgan fingerprint density at radius 2 is 1.62 bits per heavy atom. The molecule has 2 aliphatic rings. The number of likely N-dealkylation sites (tertiary alicyclic amines) is 1. The molecular formula is C29H37N3O2. The quantitative estimate of drug-likeness (QED) is 0.567. The van der Waals surface area contributed by atoms with Crippen molar-refractivity contribution in [2.75, 3.05) is 26.2 Å². The fourth-order valence-corrected chi connectivity index (χ4v) is 6.12. The number of aromatic nitrogens is 1. The molecule has 3 heterocycles. The second-order valence-electron chi connectivity index (χ2n) is 10.3. The van der Waals surface area contributed by atoms with Gasteiger partial charge in [-0.2, -0.15) is 0 Å². The number of aromatic amines is 1. The third kappa shape index (κ3) is 4.51. The zero-order chi connectivity index (χ0) is 23.8. The number of morpholine rings is 1. The van der Waals surface area contributed by atoms with Gasteiger partial charge in [0.25, 0.3) is 5.91 Å². The van der Waals surface area contributed by atoms with E-state index in [1.54, 1.807) is 5.56 Å². The van der Waals surface area contributed by atoms with E-state index in [4.69, 9.17) is 4.74 Å². The van der Waals surface area contributed by atoms with Gasteiger partial charge in [0.1, 0.15) is 5.69 Å². The summed E-state index contributed by atoms with van der Waals surface area (Å²) in [6.07, 6.45) is 2.44. The van der Waals surface area contributed by atoms with Gasteiger partial charge >= 0.3 is 0 Å². The molecule has 0 aliphatic carbocycles. The van der Waals surface area contributed by atoms with Crippen LogP contribution in [0, 0.1) is 13.8 Å². The molecule has 5 rings (SSSR count). The average molecular weight is 460 g/mol. The Kier molecular flexibility index (Phi) is 6.50. The van der Waals surface area contributed by atoms with E-state index in [0.29, 0.717) is 19.0 Å². The fraction of sp³-hybridized carbons (Fsp3) is 0.483. The molecule has 2 unspecified atom stereocenters. The number of para-hydroxylation sites is 1. The highest BCUT2D eigenvalue weighted by Crippen LogP contribution is 2.34. The molecule has 5 nitrogen and oxygen atoms in total. The van der Waals surface area contributed by atoms with Crippen molar-refractivity contribution in [3.63, 3.8) is 0 Å². The minimum atomic E-state index is 0.0597. The molecule has 2 saturated heterocycles. The zero-order valence-electron chi connectivity index (χ0n) is 20.9. The first-order valence-corrected chi connectivity index (χ1v) is 12.7. The van der Waals surface area contributed by atoms with Crippen LogP contribution in [0.4, 0.5) is 0 Å². The van der Waals surface area contributed by atoms with Gasteiger partial charge in [-0.3, -0.25) is 9.69 Å². The van der Waals surface area contributed by atoms with Gasteiger partial charge in [0.15, 0.2) is 0 Å². The maximum atomic E-state index is 13.7. The predicted octanol–water partition coefficient (Wildman–Crippen LogP) is 5.41. The predicted molar refractivity (Wildman–Crippen MR) is 137 cm³/mol. The number of aryl methyl sites for hydroxylation is 2. The number of H-pyrrole nitrogens is 1. The Balaban J connectivity index is 1.36. The van der Waals surface area contributed by atoms with Gasteiger partial charge in [-0.25, -0.2) is 0 Å². The normalized spacial score (nSPS) is 22.4. The maximum absolute atomic E-state index is 13.7. The number of nitrogens with one attached hydrogen (secondary N) is 1. The van der Waals surface area contributed by atoms with Gasteiger partial charge in [-0.1, -0.05) is 36.4 Å². The Morgan fingerprint density at radius 3 is 2.29 bits per heavy atom. The topological polar surface area (TPSA) is 48.6 Å². The van der Waals surface area contributed by atoms with Crippen molar-refractivity contribution in [2.24, 2.45) is 0 Å². The first kappa shape index (κ1) is 23.1. The number of rotatable bonds is 4. The van der Waals surface area contributed by atoms with E-state index < -0.39 is 0 Å². The van der Waals surface area contributed by atoms with E-state index in [0.717, 1.165) is 54.6 Å². The first-order chi connectivity index (χ1) is 16.4. The van der Waals surface area contributed by atoms with Crippen LogP contribution in [0.3, 0.4) is 0 Å². The van der Waals surface area contributed by atoms with E-state index in [9.17, 15) is 4.79 Å². The minimum Gasteiger partial charge on any atom is -0.372 e. The molecule has 34 heavy (non-hydrogen) atoms. The molecule has 180 valence electrons. The molecule has 2 fully saturated rings. The third-order valence-electron chi connectivity index (χ3n) is 7.65. The van der Waals surface area contributed by atoms with Gasteiger partial charge in [0, 0.05) is 36.1 Å². The zero-order valence-corrected chi connectivity index (χ0v) is 20.9. The molecule has 0 spiro atoms. The van der Waals surface area contributed by atoms with Crippen molar-refractivity contribution in [3.8, 4) is 0 Å². The molecule has 2 atom stereocenters. The lowest BCUT2D eigenvalue weighted by molar-refractivity contribution is -0.0587. The van der Waals surface area contributed by atoms with E-state index in [1.165, 1.54) is 11.1 Å². The lowest BCUT2D eigenvalue weighted by Gasteiger charge is -2.36. The Labute approximate surface area is 203 Å². The van der Waals surface area contributed by atoms with E-state index in [1.807, 2.05) is 24.8 Å². The number of nitrogens with zero attached hydrogens (tertiary/aromatic N) is 2. The smallest absolute Gasteiger partial charge is 0.270 e. The fourth-order valence-electron chi connectivity index (χ4n) is 6.12. The summed E-state index contributed by atoms with van der Waals surface area (Å²) in [7, 11) is 0. The Bertz CT molecular complexity index is 1150. The highest BCUT2D eigenvalue weighted by atomic mass is 16.5. The summed E-state index contributed by atoms with van der Waals surface area (Å²) >= 11 is 0. The molecule has 1 amide bonds. The number of hydrogen-bond donors (Lipinski definition) is 1. The highest BCUT2D eigenvalue weighted by Gasteiger charge is 2.31. The Hall–Kier alpha value is -2.63. The molecule has 5 heteroatoms. The number of hydrogen-bond acceptors (Lipinski definition) is 3. The first-order valence-electron chi connectivity index (χ1n) is 12.7. The molecule has 2 aliphatic heterocycles. The summed E-state index contributed by atoms with van der Waals surface area (Å²) in [5.74, 6) is 0.719. The van der Waals surface area contributed by atoms with Gasteiger partial charge in [-0.05, 0) is 82.3 Å². The van der Waals surface area contributed by atoms with Crippen molar-refractivity contribution in [3.05, 3.63) is 70.4 Å². The number of carbonyl (C=O) groups is 1. The van der Waals surface area contributed by atoms with Crippen molar-refractivity contribution < 1.29 is 9.53 Å². The van der Waals surface area contributed by atoms with Crippen molar-refractivity contribution in [1.82, 2.24) is 14.8 Å². The summed E-state index contributed by atoms with van der Waals surface area (Å²) in [6.45, 7) is 12.8. The molecule has 0 bridgehead atoms. The second kappa shape index (κ2) is 9.55. The van der Waals surface area contributed by atoms with Gasteiger partial charge in [-0.15, -0.1) is 0 Å². The number of carbonyl (C=O) groups excluding carboxylic acids is 1. The number of amides is 1. The van der Waals surface area contributed by atoms with E-state index in [2.05, 4.69) is 60.1 Å². The van der Waals surface area contributed by atoms with Crippen LogP contribution in [0.15, 0.2) is 42.5 Å². The monoisotopic (exact) mass is 459 g/mol. The standard InChI is InChI=1S/C29H37N3O2/c1-19-8-7-9-20(2)27(19)23-12-14-31(15-13-23)18-25-24-10-5-6-11-26(24)30-28(25)29(33)32-16-21(3)34-22(4)17-32/h5-11,21-23,30H,12-18H2,1-4H3. The van der Waals surface area contributed by atoms with Gasteiger partial charge < -0.3 is 14.6 Å². The van der Waals surface area contributed by atoms with Crippen LogP contribution in [-0.4, -0.2) is 59.1 Å². The van der Waals surface area contributed by atoms with Crippen LogP contribution in [-0.2, 0) is 11.3 Å². The van der Waals surface area contributed by atoms with Crippen LogP contribution in [0.5, 0.6) is 0 Å². The summed E-state index contributed by atoms with van der Waals surface area (Å²) in [4.78, 5) is 21.6. The summed E-state index contributed by atoms with van der Waals surface area (Å²) in [5.41, 5.74) is 7.30. The SMILES string of the molecule is Cc1cccc(C)c1C1CCN(Cc2c(C(=O)N3CC(C)OC(C)C3)[nH]c3ccccc23)CC1. The summed E-state index contributed by atoms with van der Waals surface area (Å²) in [5, 5.41) is 1.16. The van der Waals surface area contributed by atoms with Crippen LogP contribution in [0.25, 0.3) is 10.9 Å². The van der Waals surface area contributed by atoms with E-state index >= 15 is 0 Å². The molecule has 1 aromatic heterocycles.